The Morgan fingerprint density at radius 2 is 2.12 bits per heavy atom. The van der Waals surface area contributed by atoms with E-state index in [2.05, 4.69) is 5.32 Å². The lowest BCUT2D eigenvalue weighted by molar-refractivity contribution is -0.684. The van der Waals surface area contributed by atoms with E-state index < -0.39 is 0 Å². The van der Waals surface area contributed by atoms with E-state index in [1.807, 2.05) is 0 Å². The van der Waals surface area contributed by atoms with E-state index in [1.165, 1.54) is 18.3 Å². The van der Waals surface area contributed by atoms with Crippen LogP contribution < -0.4 is 9.88 Å². The van der Waals surface area contributed by atoms with Gasteiger partial charge in [0.1, 0.15) is 5.00 Å². The number of nitrogens with one attached hydrogen (secondary N) is 1. The minimum Gasteiger partial charge on any atom is -0.462 e. The fraction of sp³-hybridized carbons (Fsp3) is 0.368. The Bertz CT molecular complexity index is 872. The van der Waals surface area contributed by atoms with Crippen LogP contribution in [0.15, 0.2) is 24.5 Å². The molecule has 0 spiro atoms. The zero-order chi connectivity index (χ0) is 18.7. The quantitative estimate of drug-likeness (QED) is 0.480. The molecule has 1 aliphatic carbocycles. The van der Waals surface area contributed by atoms with Gasteiger partial charge in [-0.3, -0.25) is 9.59 Å². The highest BCUT2D eigenvalue weighted by molar-refractivity contribution is 7.17. The molecule has 1 amide bonds. The van der Waals surface area contributed by atoms with Gasteiger partial charge in [0.15, 0.2) is 18.2 Å². The van der Waals surface area contributed by atoms with Crippen LogP contribution in [0.1, 0.15) is 51.4 Å². The number of aromatic nitrogens is 1. The van der Waals surface area contributed by atoms with E-state index in [1.54, 1.807) is 36.0 Å². The molecule has 0 saturated heterocycles. The number of hydrogen-bond donors (Lipinski definition) is 1. The van der Waals surface area contributed by atoms with E-state index in [9.17, 15) is 14.4 Å². The van der Waals surface area contributed by atoms with Crippen LogP contribution in [-0.4, -0.2) is 24.3 Å². The number of carbonyl (C=O) groups excluding carboxylic acids is 3. The fourth-order valence-corrected chi connectivity index (χ4v) is 4.37. The van der Waals surface area contributed by atoms with E-state index in [0.717, 1.165) is 29.7 Å². The first-order valence-corrected chi connectivity index (χ1v) is 9.42. The molecule has 0 saturated carbocycles. The maximum absolute atomic E-state index is 12.5. The Labute approximate surface area is 155 Å². The van der Waals surface area contributed by atoms with Crippen LogP contribution in [0.4, 0.5) is 5.00 Å². The summed E-state index contributed by atoms with van der Waals surface area (Å²) >= 11 is 1.45. The molecule has 0 fully saturated rings. The third-order valence-corrected chi connectivity index (χ3v) is 5.45. The first kappa shape index (κ1) is 18.3. The van der Waals surface area contributed by atoms with Gasteiger partial charge in [0.25, 0.3) is 5.91 Å². The van der Waals surface area contributed by atoms with Gasteiger partial charge in [-0.2, -0.15) is 4.57 Å². The van der Waals surface area contributed by atoms with Crippen molar-refractivity contribution in [1.82, 2.24) is 0 Å². The number of pyridine rings is 1. The third kappa shape index (κ3) is 3.83. The first-order chi connectivity index (χ1) is 12.5. The van der Waals surface area contributed by atoms with Crippen LogP contribution in [0.5, 0.6) is 0 Å². The van der Waals surface area contributed by atoms with Gasteiger partial charge in [-0.1, -0.05) is 0 Å². The topological polar surface area (TPSA) is 76.3 Å². The van der Waals surface area contributed by atoms with Gasteiger partial charge in [-0.15, -0.1) is 11.3 Å². The normalized spacial score (nSPS) is 12.5. The van der Waals surface area contributed by atoms with E-state index in [0.29, 0.717) is 22.7 Å². The summed E-state index contributed by atoms with van der Waals surface area (Å²) in [6.07, 6.45) is 6.16. The second-order valence-corrected chi connectivity index (χ2v) is 7.26. The number of thiophene rings is 1. The number of hydrogen-bond acceptors (Lipinski definition) is 5. The molecule has 0 atom stereocenters. The van der Waals surface area contributed by atoms with Crippen molar-refractivity contribution in [3.05, 3.63) is 46.1 Å². The number of amides is 1. The van der Waals surface area contributed by atoms with Crippen molar-refractivity contribution in [2.75, 3.05) is 11.9 Å². The lowest BCUT2D eigenvalue weighted by Gasteiger charge is -2.07. The monoisotopic (exact) mass is 373 g/mol. The van der Waals surface area contributed by atoms with Gasteiger partial charge in [-0.25, -0.2) is 4.79 Å². The maximum atomic E-state index is 12.5. The number of anilines is 1. The summed E-state index contributed by atoms with van der Waals surface area (Å²) < 4.78 is 6.82. The molecular formula is C19H21N2O4S+. The van der Waals surface area contributed by atoms with Crippen LogP contribution in [-0.2, 0) is 28.9 Å². The molecule has 0 unspecified atom stereocenters. The summed E-state index contributed by atoms with van der Waals surface area (Å²) in [5.41, 5.74) is 2.05. The predicted octanol–water partition coefficient (Wildman–Crippen LogP) is 2.54. The molecule has 0 radical (unpaired) electrons. The molecular weight excluding hydrogens is 352 g/mol. The second-order valence-electron chi connectivity index (χ2n) is 6.15. The van der Waals surface area contributed by atoms with E-state index >= 15 is 0 Å². The van der Waals surface area contributed by atoms with Gasteiger partial charge in [0, 0.05) is 10.9 Å². The zero-order valence-electron chi connectivity index (χ0n) is 14.8. The van der Waals surface area contributed by atoms with Gasteiger partial charge in [-0.05, 0) is 44.7 Å². The molecule has 136 valence electrons. The largest absolute Gasteiger partial charge is 0.462 e. The Balaban J connectivity index is 1.78. The number of ether oxygens (including phenoxy) is 1. The number of nitrogens with zero attached hydrogens (tertiary/aromatic N) is 1. The average molecular weight is 373 g/mol. The van der Waals surface area contributed by atoms with Gasteiger partial charge in [0.05, 0.1) is 17.7 Å². The molecule has 2 heterocycles. The highest BCUT2D eigenvalue weighted by Crippen LogP contribution is 2.39. The van der Waals surface area contributed by atoms with Gasteiger partial charge >= 0.3 is 5.97 Å². The summed E-state index contributed by atoms with van der Waals surface area (Å²) in [6, 6.07) is 3.44. The lowest BCUT2D eigenvalue weighted by atomic mass is 10.1. The maximum Gasteiger partial charge on any atom is 0.341 e. The van der Waals surface area contributed by atoms with Crippen molar-refractivity contribution >= 4 is 34.0 Å². The zero-order valence-corrected chi connectivity index (χ0v) is 15.6. The van der Waals surface area contributed by atoms with Crippen LogP contribution in [0.2, 0.25) is 0 Å². The molecule has 0 aromatic carbocycles. The third-order valence-electron chi connectivity index (χ3n) is 4.24. The van der Waals surface area contributed by atoms with Crippen molar-refractivity contribution in [2.24, 2.45) is 0 Å². The van der Waals surface area contributed by atoms with Crippen LogP contribution in [0.25, 0.3) is 0 Å². The minimum atomic E-state index is -0.381. The number of rotatable bonds is 6. The molecule has 2 aromatic heterocycles. The molecule has 3 rings (SSSR count). The number of ketones is 1. The Morgan fingerprint density at radius 3 is 2.85 bits per heavy atom. The summed E-state index contributed by atoms with van der Waals surface area (Å²) in [4.78, 5) is 37.4. The molecule has 1 N–H and O–H groups in total. The average Bonchev–Trinajstić information content (AvgIpc) is 3.15. The van der Waals surface area contributed by atoms with Crippen molar-refractivity contribution in [2.45, 2.75) is 39.7 Å². The van der Waals surface area contributed by atoms with Gasteiger partial charge < -0.3 is 10.1 Å². The standard InChI is InChI=1S/C19H20N2O4S/c1-3-25-19(24)17-14-7-4-8-15(14)26-18(17)20-16(23)11-21-9-5-6-13(10-21)12(2)22/h5-6,9-10H,3-4,7-8,11H2,1-2H3/p+1. The molecule has 1 aliphatic rings. The fourth-order valence-electron chi connectivity index (χ4n) is 3.07. The Hall–Kier alpha value is -2.54. The number of Topliss-reactive ketones (excluding diaryl/α,β-unsaturated/α-hetero) is 1. The molecule has 0 aliphatic heterocycles. The SMILES string of the molecule is CCOC(=O)c1c(NC(=O)C[n+]2cccc(C(C)=O)c2)sc2c1CCC2. The Morgan fingerprint density at radius 1 is 1.31 bits per heavy atom. The minimum absolute atomic E-state index is 0.0564. The summed E-state index contributed by atoms with van der Waals surface area (Å²) in [6.45, 7) is 3.61. The van der Waals surface area contributed by atoms with Crippen LogP contribution in [0, 0.1) is 0 Å². The first-order valence-electron chi connectivity index (χ1n) is 8.61. The molecule has 7 heteroatoms. The molecule has 6 nitrogen and oxygen atoms in total. The van der Waals surface area contributed by atoms with Crippen molar-refractivity contribution < 1.29 is 23.7 Å². The summed E-state index contributed by atoms with van der Waals surface area (Å²) in [5.74, 6) is -0.686. The predicted molar refractivity (Wildman–Crippen MR) is 97.6 cm³/mol. The van der Waals surface area contributed by atoms with Crippen molar-refractivity contribution in [3.63, 3.8) is 0 Å². The smallest absolute Gasteiger partial charge is 0.341 e. The lowest BCUT2D eigenvalue weighted by Crippen LogP contribution is -2.40. The number of carbonyl (C=O) groups is 3. The van der Waals surface area contributed by atoms with Gasteiger partial charge in [0.2, 0.25) is 6.54 Å². The second kappa shape index (κ2) is 7.78. The molecule has 26 heavy (non-hydrogen) atoms. The number of fused-ring (bicyclic) bond motifs is 1. The van der Waals surface area contributed by atoms with Crippen molar-refractivity contribution in [3.8, 4) is 0 Å². The highest BCUT2D eigenvalue weighted by atomic mass is 32.1. The number of aryl methyl sites for hydroxylation is 1. The summed E-state index contributed by atoms with van der Waals surface area (Å²) in [7, 11) is 0. The highest BCUT2D eigenvalue weighted by Gasteiger charge is 2.28. The molecule has 2 aromatic rings. The summed E-state index contributed by atoms with van der Waals surface area (Å²) in [5, 5.41) is 3.41. The van der Waals surface area contributed by atoms with Crippen LogP contribution in [0.3, 0.4) is 0 Å². The van der Waals surface area contributed by atoms with Crippen molar-refractivity contribution in [1.29, 1.82) is 0 Å². The Kier molecular flexibility index (Phi) is 5.46. The van der Waals surface area contributed by atoms with E-state index in [4.69, 9.17) is 4.74 Å². The number of esters is 1. The van der Waals surface area contributed by atoms with Crippen LogP contribution >= 0.6 is 11.3 Å². The molecule has 0 bridgehead atoms. The van der Waals surface area contributed by atoms with E-state index in [-0.39, 0.29) is 24.2 Å².